The molecule has 0 aromatic rings. The third kappa shape index (κ3) is 2.81. The average molecular weight is 218 g/mol. The van der Waals surface area contributed by atoms with Crippen LogP contribution in [0.1, 0.15) is 27.2 Å². The highest BCUT2D eigenvalue weighted by atomic mass is 19.1. The summed E-state index contributed by atoms with van der Waals surface area (Å²) in [5.74, 6) is 0. The van der Waals surface area contributed by atoms with E-state index < -0.39 is 23.8 Å². The number of nitrogens with zero attached hydrogens (tertiary/aromatic N) is 1. The summed E-state index contributed by atoms with van der Waals surface area (Å²) in [6, 6.07) is -0.524. The smallest absolute Gasteiger partial charge is 0.408 e. The van der Waals surface area contributed by atoms with E-state index in [9.17, 15) is 9.18 Å². The van der Waals surface area contributed by atoms with Gasteiger partial charge >= 0.3 is 6.09 Å². The highest BCUT2D eigenvalue weighted by Crippen LogP contribution is 2.24. The highest BCUT2D eigenvalue weighted by Gasteiger charge is 2.38. The summed E-state index contributed by atoms with van der Waals surface area (Å²) in [6.45, 7) is 6.27. The van der Waals surface area contributed by atoms with Crippen LogP contribution < -0.4 is 5.32 Å². The van der Waals surface area contributed by atoms with Crippen molar-refractivity contribution >= 4 is 6.09 Å². The van der Waals surface area contributed by atoms with Crippen LogP contribution in [-0.2, 0) is 0 Å². The largest absolute Gasteiger partial charge is 0.465 e. The van der Waals surface area contributed by atoms with E-state index in [0.29, 0.717) is 13.0 Å². The van der Waals surface area contributed by atoms with Crippen molar-refractivity contribution in [1.29, 1.82) is 0 Å². The van der Waals surface area contributed by atoms with Crippen molar-refractivity contribution in [2.45, 2.75) is 44.9 Å². The van der Waals surface area contributed by atoms with Crippen molar-refractivity contribution in [2.24, 2.45) is 0 Å². The maximum Gasteiger partial charge on any atom is 0.408 e. The highest BCUT2D eigenvalue weighted by molar-refractivity contribution is 5.66. The van der Waals surface area contributed by atoms with Crippen LogP contribution in [-0.4, -0.2) is 46.9 Å². The van der Waals surface area contributed by atoms with Gasteiger partial charge in [0.15, 0.2) is 0 Å². The van der Waals surface area contributed by atoms with Crippen molar-refractivity contribution in [1.82, 2.24) is 10.2 Å². The summed E-state index contributed by atoms with van der Waals surface area (Å²) in [6.07, 6.45) is -1.63. The molecular formula is C10H19FN2O2. The maximum atomic E-state index is 13.6. The first-order chi connectivity index (χ1) is 6.84. The molecule has 15 heavy (non-hydrogen) atoms. The van der Waals surface area contributed by atoms with Gasteiger partial charge in [-0.05, 0) is 33.7 Å². The van der Waals surface area contributed by atoms with E-state index in [0.717, 1.165) is 0 Å². The predicted molar refractivity (Wildman–Crippen MR) is 55.8 cm³/mol. The monoisotopic (exact) mass is 218 g/mol. The molecule has 0 radical (unpaired) electrons. The van der Waals surface area contributed by atoms with Gasteiger partial charge in [-0.25, -0.2) is 9.18 Å². The third-order valence-corrected chi connectivity index (χ3v) is 2.63. The minimum Gasteiger partial charge on any atom is -0.465 e. The molecule has 1 rings (SSSR count). The van der Waals surface area contributed by atoms with Gasteiger partial charge in [0.25, 0.3) is 0 Å². The van der Waals surface area contributed by atoms with Gasteiger partial charge in [0.05, 0.1) is 6.04 Å². The minimum absolute atomic E-state index is 0.241. The molecule has 0 aromatic heterocycles. The first-order valence-electron chi connectivity index (χ1n) is 5.21. The second kappa shape index (κ2) is 4.35. The number of rotatable bonds is 1. The molecule has 0 unspecified atom stereocenters. The molecule has 2 atom stereocenters. The molecule has 0 aromatic carbocycles. The Morgan fingerprint density at radius 3 is 2.53 bits per heavy atom. The number of piperidine rings is 1. The van der Waals surface area contributed by atoms with Crippen LogP contribution in [0.3, 0.4) is 0 Å². The molecule has 1 saturated heterocycles. The van der Waals surface area contributed by atoms with Gasteiger partial charge in [-0.1, -0.05) is 0 Å². The van der Waals surface area contributed by atoms with Crippen LogP contribution in [0.15, 0.2) is 0 Å². The molecule has 1 aliphatic rings. The third-order valence-electron chi connectivity index (χ3n) is 2.63. The van der Waals surface area contributed by atoms with Crippen LogP contribution in [0, 0.1) is 0 Å². The summed E-state index contributed by atoms with van der Waals surface area (Å²) in [4.78, 5) is 12.4. The van der Waals surface area contributed by atoms with Gasteiger partial charge in [-0.3, -0.25) is 4.90 Å². The minimum atomic E-state index is -1.12. The fourth-order valence-corrected chi connectivity index (χ4v) is 2.02. The molecule has 0 aliphatic carbocycles. The van der Waals surface area contributed by atoms with E-state index in [1.54, 1.807) is 20.8 Å². The maximum absolute atomic E-state index is 13.6. The Labute approximate surface area is 89.4 Å². The Kier molecular flexibility index (Phi) is 3.54. The lowest BCUT2D eigenvalue weighted by atomic mass is 9.96. The number of hydrogen-bond acceptors (Lipinski definition) is 2. The summed E-state index contributed by atoms with van der Waals surface area (Å²) < 4.78 is 13.6. The number of amides is 1. The molecule has 1 fully saturated rings. The lowest BCUT2D eigenvalue weighted by molar-refractivity contribution is 0.0253. The first kappa shape index (κ1) is 12.2. The molecule has 5 heteroatoms. The number of halogens is 1. The standard InChI is InChI=1S/C10H19FN2O2/c1-10(2,3)13(9(14)15)8-4-5-12-6-7(8)11/h7-8,12H,4-6H2,1-3H3,(H,14,15)/t7-,8+/m1/s1. The van der Waals surface area contributed by atoms with E-state index in [-0.39, 0.29) is 6.54 Å². The number of alkyl halides is 1. The van der Waals surface area contributed by atoms with Gasteiger partial charge in [0.2, 0.25) is 0 Å². The second-order valence-corrected chi connectivity index (χ2v) is 4.90. The molecule has 2 N–H and O–H groups in total. The van der Waals surface area contributed by atoms with E-state index >= 15 is 0 Å². The quantitative estimate of drug-likeness (QED) is 0.700. The van der Waals surface area contributed by atoms with Gasteiger partial charge in [0.1, 0.15) is 6.17 Å². The fourth-order valence-electron chi connectivity index (χ4n) is 2.02. The lowest BCUT2D eigenvalue weighted by Gasteiger charge is -2.42. The summed E-state index contributed by atoms with van der Waals surface area (Å²) in [7, 11) is 0. The molecule has 1 aliphatic heterocycles. The van der Waals surface area contributed by atoms with E-state index in [1.807, 2.05) is 0 Å². The van der Waals surface area contributed by atoms with Gasteiger partial charge in [0, 0.05) is 12.1 Å². The fraction of sp³-hybridized carbons (Fsp3) is 0.900. The Bertz CT molecular complexity index is 240. The van der Waals surface area contributed by atoms with Crippen LogP contribution >= 0.6 is 0 Å². The van der Waals surface area contributed by atoms with E-state index in [1.165, 1.54) is 4.90 Å². The Hall–Kier alpha value is -0.840. The Balaban J connectivity index is 2.83. The van der Waals surface area contributed by atoms with E-state index in [4.69, 9.17) is 5.11 Å². The molecule has 1 amide bonds. The molecular weight excluding hydrogens is 199 g/mol. The molecule has 0 spiro atoms. The van der Waals surface area contributed by atoms with E-state index in [2.05, 4.69) is 5.32 Å². The summed E-state index contributed by atoms with van der Waals surface area (Å²) in [5.41, 5.74) is -0.557. The number of nitrogens with one attached hydrogen (secondary N) is 1. The molecule has 4 nitrogen and oxygen atoms in total. The lowest BCUT2D eigenvalue weighted by Crippen LogP contribution is -2.58. The van der Waals surface area contributed by atoms with Gasteiger partial charge < -0.3 is 10.4 Å². The zero-order valence-corrected chi connectivity index (χ0v) is 9.46. The molecule has 0 bridgehead atoms. The molecule has 88 valence electrons. The average Bonchev–Trinajstić information content (AvgIpc) is 2.05. The zero-order valence-electron chi connectivity index (χ0n) is 9.46. The number of carbonyl (C=O) groups is 1. The van der Waals surface area contributed by atoms with Crippen molar-refractivity contribution < 1.29 is 14.3 Å². The van der Waals surface area contributed by atoms with Crippen molar-refractivity contribution in [3.63, 3.8) is 0 Å². The van der Waals surface area contributed by atoms with Gasteiger partial charge in [-0.2, -0.15) is 0 Å². The SMILES string of the molecule is CC(C)(C)N(C(=O)O)[C@H]1CCNC[C@H]1F. The predicted octanol–water partition coefficient (Wildman–Crippen LogP) is 1.46. The molecule has 1 heterocycles. The van der Waals surface area contributed by atoms with Crippen LogP contribution in [0.2, 0.25) is 0 Å². The normalized spacial score (nSPS) is 27.5. The Morgan fingerprint density at radius 2 is 2.13 bits per heavy atom. The van der Waals surface area contributed by atoms with Gasteiger partial charge in [-0.15, -0.1) is 0 Å². The van der Waals surface area contributed by atoms with Crippen LogP contribution in [0.5, 0.6) is 0 Å². The van der Waals surface area contributed by atoms with Crippen LogP contribution in [0.4, 0.5) is 9.18 Å². The number of hydrogen-bond donors (Lipinski definition) is 2. The van der Waals surface area contributed by atoms with Crippen molar-refractivity contribution in [2.75, 3.05) is 13.1 Å². The topological polar surface area (TPSA) is 52.6 Å². The van der Waals surface area contributed by atoms with Crippen molar-refractivity contribution in [3.05, 3.63) is 0 Å². The Morgan fingerprint density at radius 1 is 1.53 bits per heavy atom. The second-order valence-electron chi connectivity index (χ2n) is 4.90. The summed E-state index contributed by atoms with van der Waals surface area (Å²) in [5, 5.41) is 12.0. The van der Waals surface area contributed by atoms with Crippen LogP contribution in [0.25, 0.3) is 0 Å². The first-order valence-corrected chi connectivity index (χ1v) is 5.21. The zero-order chi connectivity index (χ0) is 11.6. The number of carboxylic acid groups (broad SMARTS) is 1. The molecule has 0 saturated carbocycles. The van der Waals surface area contributed by atoms with Crippen molar-refractivity contribution in [3.8, 4) is 0 Å². The summed E-state index contributed by atoms with van der Waals surface area (Å²) >= 11 is 0.